The second kappa shape index (κ2) is 7.38. The summed E-state index contributed by atoms with van der Waals surface area (Å²) >= 11 is 0. The Morgan fingerprint density at radius 2 is 1.85 bits per heavy atom. The van der Waals surface area contributed by atoms with Crippen molar-refractivity contribution in [2.24, 2.45) is 5.73 Å². The molecule has 0 unspecified atom stereocenters. The van der Waals surface area contributed by atoms with Crippen molar-refractivity contribution in [3.05, 3.63) is 71.4 Å². The number of aryl methyl sites for hydroxylation is 1. The van der Waals surface area contributed by atoms with Crippen molar-refractivity contribution in [1.29, 1.82) is 10.5 Å². The Morgan fingerprint density at radius 3 is 2.50 bits per heavy atom. The van der Waals surface area contributed by atoms with Gasteiger partial charge in [-0.05, 0) is 29.8 Å². The smallest absolute Gasteiger partial charge is 0.219 e. The zero-order valence-corrected chi connectivity index (χ0v) is 14.0. The lowest BCUT2D eigenvalue weighted by atomic mass is 10.0. The highest BCUT2D eigenvalue weighted by molar-refractivity contribution is 5.98. The minimum absolute atomic E-state index is 0.253. The van der Waals surface area contributed by atoms with Crippen LogP contribution in [-0.4, -0.2) is 10.5 Å². The molecule has 0 aliphatic rings. The summed E-state index contributed by atoms with van der Waals surface area (Å²) in [5.41, 5.74) is 8.95. The Kier molecular flexibility index (Phi) is 4.83. The lowest BCUT2D eigenvalue weighted by Crippen LogP contribution is -2.13. The van der Waals surface area contributed by atoms with Gasteiger partial charge in [-0.2, -0.15) is 10.5 Å². The lowest BCUT2D eigenvalue weighted by molar-refractivity contribution is -0.118. The zero-order valence-electron chi connectivity index (χ0n) is 14.0. The number of allylic oxidation sites excluding steroid dienone is 1. The molecule has 0 aliphatic carbocycles. The van der Waals surface area contributed by atoms with Crippen molar-refractivity contribution in [1.82, 2.24) is 4.57 Å². The molecule has 0 fully saturated rings. The first-order chi connectivity index (χ1) is 12.6. The van der Waals surface area contributed by atoms with Crippen molar-refractivity contribution in [3.8, 4) is 12.1 Å². The van der Waals surface area contributed by atoms with Gasteiger partial charge in [0.2, 0.25) is 5.91 Å². The average Bonchev–Trinajstić information content (AvgIpc) is 3.02. The van der Waals surface area contributed by atoms with Crippen LogP contribution in [0, 0.1) is 22.7 Å². The van der Waals surface area contributed by atoms with E-state index in [4.69, 9.17) is 11.0 Å². The van der Waals surface area contributed by atoms with Crippen LogP contribution in [0.1, 0.15) is 23.1 Å². The number of para-hydroxylation sites is 1. The molecular weight excluding hydrogens is 324 g/mol. The molecule has 0 atom stereocenters. The van der Waals surface area contributed by atoms with E-state index >= 15 is 0 Å². The molecule has 0 saturated heterocycles. The first-order valence-electron chi connectivity index (χ1n) is 8.11. The fourth-order valence-corrected chi connectivity index (χ4v) is 2.87. The van der Waals surface area contributed by atoms with Gasteiger partial charge >= 0.3 is 0 Å². The SMILES string of the molecule is N#C/C(=C/c1cn(CCC(N)=O)c2ccccc12)c1ccc(C#N)cc1. The molecule has 0 bridgehead atoms. The highest BCUT2D eigenvalue weighted by Crippen LogP contribution is 2.26. The van der Waals surface area contributed by atoms with Crippen LogP contribution in [0.25, 0.3) is 22.6 Å². The summed E-state index contributed by atoms with van der Waals surface area (Å²) in [5, 5.41) is 19.5. The predicted octanol–water partition coefficient (Wildman–Crippen LogP) is 3.45. The molecule has 5 nitrogen and oxygen atoms in total. The lowest BCUT2D eigenvalue weighted by Gasteiger charge is -2.02. The molecule has 0 aliphatic heterocycles. The number of nitrogens with zero attached hydrogens (tertiary/aromatic N) is 3. The van der Waals surface area contributed by atoms with E-state index in [1.807, 2.05) is 41.1 Å². The maximum atomic E-state index is 11.1. The molecule has 2 aromatic carbocycles. The number of hydrogen-bond donors (Lipinski definition) is 1. The van der Waals surface area contributed by atoms with Gasteiger partial charge in [-0.1, -0.05) is 30.3 Å². The van der Waals surface area contributed by atoms with Crippen LogP contribution >= 0.6 is 0 Å². The number of benzene rings is 2. The molecule has 3 rings (SSSR count). The van der Waals surface area contributed by atoms with Gasteiger partial charge in [-0.15, -0.1) is 0 Å². The van der Waals surface area contributed by atoms with E-state index in [0.717, 1.165) is 22.0 Å². The fraction of sp³-hybridized carbons (Fsp3) is 0.0952. The molecule has 0 radical (unpaired) electrons. The minimum Gasteiger partial charge on any atom is -0.370 e. The van der Waals surface area contributed by atoms with E-state index < -0.39 is 0 Å². The predicted molar refractivity (Wildman–Crippen MR) is 100 cm³/mol. The van der Waals surface area contributed by atoms with Crippen molar-refractivity contribution in [3.63, 3.8) is 0 Å². The molecule has 2 N–H and O–H groups in total. The Morgan fingerprint density at radius 1 is 1.12 bits per heavy atom. The van der Waals surface area contributed by atoms with E-state index in [1.165, 1.54) is 0 Å². The van der Waals surface area contributed by atoms with E-state index in [9.17, 15) is 10.1 Å². The summed E-state index contributed by atoms with van der Waals surface area (Å²) in [6.45, 7) is 0.489. The maximum absolute atomic E-state index is 11.1. The number of hydrogen-bond acceptors (Lipinski definition) is 3. The number of amides is 1. The number of nitriles is 2. The third kappa shape index (κ3) is 3.48. The standard InChI is InChI=1S/C21H16N4O/c22-12-15-5-7-16(8-6-15)17(13-23)11-18-14-25(10-9-21(24)26)20-4-2-1-3-19(18)20/h1-8,11,14H,9-10H2,(H2,24,26)/b17-11-. The molecule has 0 saturated carbocycles. The second-order valence-electron chi connectivity index (χ2n) is 5.87. The van der Waals surface area contributed by atoms with E-state index in [0.29, 0.717) is 17.7 Å². The molecule has 126 valence electrons. The van der Waals surface area contributed by atoms with Gasteiger partial charge in [-0.3, -0.25) is 4.79 Å². The zero-order chi connectivity index (χ0) is 18.5. The third-order valence-corrected chi connectivity index (χ3v) is 4.16. The van der Waals surface area contributed by atoms with Gasteiger partial charge in [0.25, 0.3) is 0 Å². The highest BCUT2D eigenvalue weighted by atomic mass is 16.1. The van der Waals surface area contributed by atoms with Crippen LogP contribution in [0.3, 0.4) is 0 Å². The Labute approximate surface area is 151 Å². The van der Waals surface area contributed by atoms with Crippen LogP contribution in [0.2, 0.25) is 0 Å². The molecule has 1 aromatic heterocycles. The van der Waals surface area contributed by atoms with Crippen molar-refractivity contribution in [2.75, 3.05) is 0 Å². The molecule has 3 aromatic rings. The fourth-order valence-electron chi connectivity index (χ4n) is 2.87. The summed E-state index contributed by atoms with van der Waals surface area (Å²) < 4.78 is 1.97. The number of primary amides is 1. The molecular formula is C21H16N4O. The Bertz CT molecular complexity index is 1080. The second-order valence-corrected chi connectivity index (χ2v) is 5.87. The Hall–Kier alpha value is -3.83. The van der Waals surface area contributed by atoms with Crippen LogP contribution in [0.15, 0.2) is 54.7 Å². The Balaban J connectivity index is 2.05. The highest BCUT2D eigenvalue weighted by Gasteiger charge is 2.09. The van der Waals surface area contributed by atoms with Gasteiger partial charge in [0.15, 0.2) is 0 Å². The maximum Gasteiger partial charge on any atom is 0.219 e. The number of carbonyl (C=O) groups is 1. The van der Waals surface area contributed by atoms with Crippen LogP contribution in [-0.2, 0) is 11.3 Å². The van der Waals surface area contributed by atoms with Crippen LogP contribution in [0.5, 0.6) is 0 Å². The van der Waals surface area contributed by atoms with E-state index in [1.54, 1.807) is 24.3 Å². The van der Waals surface area contributed by atoms with Gasteiger partial charge in [-0.25, -0.2) is 0 Å². The molecule has 1 heterocycles. The molecule has 5 heteroatoms. The average molecular weight is 340 g/mol. The van der Waals surface area contributed by atoms with E-state index in [2.05, 4.69) is 12.1 Å². The molecule has 0 spiro atoms. The van der Waals surface area contributed by atoms with E-state index in [-0.39, 0.29) is 12.3 Å². The summed E-state index contributed by atoms with van der Waals surface area (Å²) in [7, 11) is 0. The number of rotatable bonds is 5. The summed E-state index contributed by atoms with van der Waals surface area (Å²) in [4.78, 5) is 11.1. The first kappa shape index (κ1) is 17.0. The van der Waals surface area contributed by atoms with Crippen molar-refractivity contribution in [2.45, 2.75) is 13.0 Å². The van der Waals surface area contributed by atoms with Crippen molar-refractivity contribution >= 4 is 28.5 Å². The van der Waals surface area contributed by atoms with Crippen LogP contribution < -0.4 is 5.73 Å². The topological polar surface area (TPSA) is 95.6 Å². The summed E-state index contributed by atoms with van der Waals surface area (Å²) in [6, 6.07) is 19.0. The summed E-state index contributed by atoms with van der Waals surface area (Å²) in [6.07, 6.45) is 4.00. The van der Waals surface area contributed by atoms with Crippen LogP contribution in [0.4, 0.5) is 0 Å². The number of aromatic nitrogens is 1. The normalized spacial score (nSPS) is 11.1. The largest absolute Gasteiger partial charge is 0.370 e. The third-order valence-electron chi connectivity index (χ3n) is 4.16. The van der Waals surface area contributed by atoms with Crippen molar-refractivity contribution < 1.29 is 4.79 Å². The quantitative estimate of drug-likeness (QED) is 0.720. The number of nitrogens with two attached hydrogens (primary N) is 1. The molecule has 1 amide bonds. The number of fused-ring (bicyclic) bond motifs is 1. The summed E-state index contributed by atoms with van der Waals surface area (Å²) in [5.74, 6) is -0.352. The number of carbonyl (C=O) groups excluding carboxylic acids is 1. The monoisotopic (exact) mass is 340 g/mol. The van der Waals surface area contributed by atoms with Gasteiger partial charge in [0.05, 0.1) is 23.3 Å². The van der Waals surface area contributed by atoms with Gasteiger partial charge < -0.3 is 10.3 Å². The first-order valence-corrected chi connectivity index (χ1v) is 8.11. The minimum atomic E-state index is -0.352. The molecule has 26 heavy (non-hydrogen) atoms. The van der Waals surface area contributed by atoms with Gasteiger partial charge in [0.1, 0.15) is 0 Å². The van der Waals surface area contributed by atoms with Gasteiger partial charge in [0, 0.05) is 35.6 Å².